The second-order valence-electron chi connectivity index (χ2n) is 5.39. The van der Waals surface area contributed by atoms with Crippen LogP contribution < -0.4 is 5.32 Å². The first-order valence-corrected chi connectivity index (χ1v) is 7.90. The molecule has 1 aliphatic carbocycles. The summed E-state index contributed by atoms with van der Waals surface area (Å²) in [7, 11) is 0. The Labute approximate surface area is 123 Å². The van der Waals surface area contributed by atoms with Gasteiger partial charge in [0.15, 0.2) is 0 Å². The highest BCUT2D eigenvalue weighted by atomic mass is 79.9. The molecule has 0 aliphatic heterocycles. The minimum Gasteiger partial charge on any atom is -0.369 e. The Bertz CT molecular complexity index is 403. The third-order valence-electron chi connectivity index (χ3n) is 3.81. The van der Waals surface area contributed by atoms with E-state index >= 15 is 0 Å². The van der Waals surface area contributed by atoms with E-state index in [0.717, 1.165) is 28.3 Å². The molecule has 4 heteroatoms. The molecule has 1 N–H and O–H groups in total. The number of nitrogens with one attached hydrogen (secondary N) is 1. The van der Waals surface area contributed by atoms with Crippen molar-refractivity contribution >= 4 is 33.3 Å². The van der Waals surface area contributed by atoms with E-state index in [-0.39, 0.29) is 5.41 Å². The Balaban J connectivity index is 2.01. The molecule has 0 saturated heterocycles. The van der Waals surface area contributed by atoms with Crippen LogP contribution in [0.3, 0.4) is 0 Å². The summed E-state index contributed by atoms with van der Waals surface area (Å²) in [5.41, 5.74) is 1.42. The highest BCUT2D eigenvalue weighted by Gasteiger charge is 2.31. The first-order valence-electron chi connectivity index (χ1n) is 6.57. The normalized spacial score (nSPS) is 18.6. The van der Waals surface area contributed by atoms with Gasteiger partial charge in [0, 0.05) is 24.0 Å². The molecule has 1 aromatic rings. The first-order chi connectivity index (χ1) is 8.65. The standard InChI is InChI=1S/C14H20BrClN2/c1-11-7-12(15)13(17-8-11)18-10-14(9-16)5-3-2-4-6-14/h7-8H,2-6,9-10H2,1H3,(H,17,18). The molecule has 1 heterocycles. The number of alkyl halides is 1. The Morgan fingerprint density at radius 1 is 1.39 bits per heavy atom. The molecule has 2 rings (SSSR count). The van der Waals surface area contributed by atoms with Gasteiger partial charge >= 0.3 is 0 Å². The number of halogens is 2. The Hall–Kier alpha value is -0.280. The van der Waals surface area contributed by atoms with Gasteiger partial charge in [-0.05, 0) is 47.3 Å². The molecule has 1 aliphatic rings. The molecule has 100 valence electrons. The van der Waals surface area contributed by atoms with Gasteiger partial charge in [0.2, 0.25) is 0 Å². The summed E-state index contributed by atoms with van der Waals surface area (Å²) in [5, 5.41) is 3.46. The summed E-state index contributed by atoms with van der Waals surface area (Å²) in [4.78, 5) is 4.43. The van der Waals surface area contributed by atoms with Crippen molar-refractivity contribution in [3.63, 3.8) is 0 Å². The average Bonchev–Trinajstić information content (AvgIpc) is 2.39. The first kappa shape index (κ1) is 14.1. The summed E-state index contributed by atoms with van der Waals surface area (Å²) < 4.78 is 1.03. The lowest BCUT2D eigenvalue weighted by molar-refractivity contribution is 0.238. The Morgan fingerprint density at radius 3 is 2.72 bits per heavy atom. The molecule has 0 radical (unpaired) electrons. The van der Waals surface area contributed by atoms with Gasteiger partial charge in [-0.1, -0.05) is 19.3 Å². The van der Waals surface area contributed by atoms with Gasteiger partial charge in [0.1, 0.15) is 5.82 Å². The molecule has 0 atom stereocenters. The molecule has 18 heavy (non-hydrogen) atoms. The fraction of sp³-hybridized carbons (Fsp3) is 0.643. The highest BCUT2D eigenvalue weighted by molar-refractivity contribution is 9.10. The summed E-state index contributed by atoms with van der Waals surface area (Å²) in [6, 6.07) is 2.09. The third kappa shape index (κ3) is 3.39. The number of pyridine rings is 1. The lowest BCUT2D eigenvalue weighted by Crippen LogP contribution is -2.34. The number of hydrogen-bond donors (Lipinski definition) is 1. The molecule has 0 aromatic carbocycles. The molecular weight excluding hydrogens is 312 g/mol. The predicted molar refractivity (Wildman–Crippen MR) is 81.4 cm³/mol. The van der Waals surface area contributed by atoms with Crippen molar-refractivity contribution in [3.05, 3.63) is 22.3 Å². The van der Waals surface area contributed by atoms with Crippen LogP contribution in [-0.2, 0) is 0 Å². The maximum Gasteiger partial charge on any atom is 0.140 e. The van der Waals surface area contributed by atoms with Crippen LogP contribution >= 0.6 is 27.5 Å². The zero-order chi connectivity index (χ0) is 13.0. The summed E-state index contributed by atoms with van der Waals surface area (Å²) in [5.74, 6) is 1.67. The van der Waals surface area contributed by atoms with Crippen LogP contribution in [0.5, 0.6) is 0 Å². The van der Waals surface area contributed by atoms with Crippen LogP contribution in [0.15, 0.2) is 16.7 Å². The molecule has 0 unspecified atom stereocenters. The van der Waals surface area contributed by atoms with Crippen molar-refractivity contribution in [2.75, 3.05) is 17.7 Å². The van der Waals surface area contributed by atoms with Gasteiger partial charge in [-0.2, -0.15) is 0 Å². The third-order valence-corrected chi connectivity index (χ3v) is 4.98. The fourth-order valence-electron chi connectivity index (χ4n) is 2.59. The number of aryl methyl sites for hydroxylation is 1. The lowest BCUT2D eigenvalue weighted by Gasteiger charge is -2.35. The van der Waals surface area contributed by atoms with Crippen LogP contribution in [0.4, 0.5) is 5.82 Å². The predicted octanol–water partition coefficient (Wildman–Crippen LogP) is 4.75. The highest BCUT2D eigenvalue weighted by Crippen LogP contribution is 2.37. The summed E-state index contributed by atoms with van der Waals surface area (Å²) in [6.07, 6.45) is 8.31. The average molecular weight is 332 g/mol. The second kappa shape index (κ2) is 6.25. The molecule has 1 fully saturated rings. The van der Waals surface area contributed by atoms with Crippen LogP contribution in [0.25, 0.3) is 0 Å². The smallest absolute Gasteiger partial charge is 0.140 e. The van der Waals surface area contributed by atoms with Crippen LogP contribution in [0.1, 0.15) is 37.7 Å². The van der Waals surface area contributed by atoms with E-state index in [1.54, 1.807) is 0 Å². The molecule has 1 aromatic heterocycles. The fourth-order valence-corrected chi connectivity index (χ4v) is 3.56. The van der Waals surface area contributed by atoms with Gasteiger partial charge in [-0.3, -0.25) is 0 Å². The number of hydrogen-bond acceptors (Lipinski definition) is 2. The molecule has 0 spiro atoms. The van der Waals surface area contributed by atoms with Gasteiger partial charge in [0.25, 0.3) is 0 Å². The van der Waals surface area contributed by atoms with Crippen LogP contribution in [0, 0.1) is 12.3 Å². The Kier molecular flexibility index (Phi) is 4.91. The van der Waals surface area contributed by atoms with Crippen molar-refractivity contribution < 1.29 is 0 Å². The largest absolute Gasteiger partial charge is 0.369 e. The van der Waals surface area contributed by atoms with E-state index in [1.165, 1.54) is 32.1 Å². The quantitative estimate of drug-likeness (QED) is 0.805. The van der Waals surface area contributed by atoms with E-state index in [9.17, 15) is 0 Å². The Morgan fingerprint density at radius 2 is 2.11 bits per heavy atom. The van der Waals surface area contributed by atoms with E-state index in [4.69, 9.17) is 11.6 Å². The van der Waals surface area contributed by atoms with Crippen molar-refractivity contribution in [1.82, 2.24) is 4.98 Å². The molecule has 0 bridgehead atoms. The number of nitrogens with zero attached hydrogens (tertiary/aromatic N) is 1. The number of anilines is 1. The van der Waals surface area contributed by atoms with Crippen molar-refractivity contribution in [2.24, 2.45) is 5.41 Å². The lowest BCUT2D eigenvalue weighted by atomic mass is 9.75. The molecule has 1 saturated carbocycles. The zero-order valence-corrected chi connectivity index (χ0v) is 13.1. The SMILES string of the molecule is Cc1cnc(NCC2(CCl)CCCCC2)c(Br)c1. The van der Waals surface area contributed by atoms with Crippen molar-refractivity contribution in [1.29, 1.82) is 0 Å². The van der Waals surface area contributed by atoms with Gasteiger partial charge in [-0.15, -0.1) is 11.6 Å². The number of rotatable bonds is 4. The maximum atomic E-state index is 6.20. The minimum absolute atomic E-state index is 0.256. The van der Waals surface area contributed by atoms with Gasteiger partial charge in [0.05, 0.1) is 4.47 Å². The van der Waals surface area contributed by atoms with E-state index in [2.05, 4.69) is 32.3 Å². The minimum atomic E-state index is 0.256. The van der Waals surface area contributed by atoms with E-state index < -0.39 is 0 Å². The molecular formula is C14H20BrClN2. The summed E-state index contributed by atoms with van der Waals surface area (Å²) in [6.45, 7) is 2.97. The molecule has 2 nitrogen and oxygen atoms in total. The van der Waals surface area contributed by atoms with Gasteiger partial charge < -0.3 is 5.32 Å². The van der Waals surface area contributed by atoms with Crippen molar-refractivity contribution in [3.8, 4) is 0 Å². The maximum absolute atomic E-state index is 6.20. The monoisotopic (exact) mass is 330 g/mol. The van der Waals surface area contributed by atoms with Crippen molar-refractivity contribution in [2.45, 2.75) is 39.0 Å². The van der Waals surface area contributed by atoms with E-state index in [0.29, 0.717) is 0 Å². The number of aromatic nitrogens is 1. The second-order valence-corrected chi connectivity index (χ2v) is 6.51. The summed E-state index contributed by atoms with van der Waals surface area (Å²) >= 11 is 9.75. The van der Waals surface area contributed by atoms with Crippen LogP contribution in [0.2, 0.25) is 0 Å². The van der Waals surface area contributed by atoms with Crippen LogP contribution in [-0.4, -0.2) is 17.4 Å². The van der Waals surface area contributed by atoms with Gasteiger partial charge in [-0.25, -0.2) is 4.98 Å². The van der Waals surface area contributed by atoms with E-state index in [1.807, 2.05) is 13.1 Å². The molecule has 0 amide bonds. The topological polar surface area (TPSA) is 24.9 Å². The zero-order valence-electron chi connectivity index (χ0n) is 10.8.